The highest BCUT2D eigenvalue weighted by Gasteiger charge is 2.40. The van der Waals surface area contributed by atoms with Gasteiger partial charge in [-0.2, -0.15) is 0 Å². The van der Waals surface area contributed by atoms with Gasteiger partial charge in [-0.1, -0.05) is 12.1 Å². The Morgan fingerprint density at radius 3 is 2.87 bits per heavy atom. The topological polar surface area (TPSA) is 58.3 Å². The van der Waals surface area contributed by atoms with Crippen molar-refractivity contribution in [3.63, 3.8) is 0 Å². The number of nitrogens with one attached hydrogen (secondary N) is 1. The van der Waals surface area contributed by atoms with Crippen molar-refractivity contribution in [2.24, 2.45) is 5.92 Å². The molecule has 1 aromatic carbocycles. The smallest absolute Gasteiger partial charge is 0.163 e. The predicted molar refractivity (Wildman–Crippen MR) is 92.4 cm³/mol. The molecule has 2 aromatic heterocycles. The molecular weight excluding hydrogens is 308 g/mol. The summed E-state index contributed by atoms with van der Waals surface area (Å²) in [6, 6.07) is 12.1. The summed E-state index contributed by atoms with van der Waals surface area (Å²) in [4.78, 5) is 4.62. The molecular formula is C18H20N2O2S. The maximum atomic E-state index is 9.64. The third-order valence-corrected chi connectivity index (χ3v) is 5.69. The van der Waals surface area contributed by atoms with Gasteiger partial charge in [0.05, 0.1) is 23.4 Å². The average Bonchev–Trinajstić information content (AvgIpc) is 3.18. The number of fused-ring (bicyclic) bond motifs is 1. The van der Waals surface area contributed by atoms with Crippen molar-refractivity contribution in [1.82, 2.24) is 10.3 Å². The van der Waals surface area contributed by atoms with Gasteiger partial charge in [0.25, 0.3) is 0 Å². The molecule has 120 valence electrons. The molecule has 0 saturated heterocycles. The van der Waals surface area contributed by atoms with Gasteiger partial charge in [-0.3, -0.25) is 0 Å². The Kier molecular flexibility index (Phi) is 3.71. The van der Waals surface area contributed by atoms with Gasteiger partial charge < -0.3 is 14.8 Å². The second-order valence-corrected chi connectivity index (χ2v) is 7.49. The van der Waals surface area contributed by atoms with Gasteiger partial charge in [-0.05, 0) is 49.9 Å². The maximum absolute atomic E-state index is 9.64. The first kappa shape index (κ1) is 14.9. The first-order valence-corrected chi connectivity index (χ1v) is 8.80. The van der Waals surface area contributed by atoms with Crippen LogP contribution in [0.5, 0.6) is 0 Å². The first-order chi connectivity index (χ1) is 11.2. The van der Waals surface area contributed by atoms with E-state index in [1.54, 1.807) is 11.3 Å². The zero-order valence-corrected chi connectivity index (χ0v) is 13.9. The lowest BCUT2D eigenvalue weighted by Gasteiger charge is -2.28. The van der Waals surface area contributed by atoms with Crippen LogP contribution in [0.1, 0.15) is 25.5 Å². The van der Waals surface area contributed by atoms with Gasteiger partial charge in [0.2, 0.25) is 0 Å². The van der Waals surface area contributed by atoms with E-state index in [1.165, 1.54) is 17.5 Å². The molecule has 23 heavy (non-hydrogen) atoms. The number of rotatable bonds is 6. The minimum Gasteiger partial charge on any atom is -0.457 e. The van der Waals surface area contributed by atoms with Gasteiger partial charge in [0.15, 0.2) is 10.8 Å². The Balaban J connectivity index is 1.50. The van der Waals surface area contributed by atoms with Crippen LogP contribution in [0.4, 0.5) is 0 Å². The lowest BCUT2D eigenvalue weighted by molar-refractivity contribution is 0.151. The molecule has 0 radical (unpaired) electrons. The van der Waals surface area contributed by atoms with Crippen LogP contribution in [0.3, 0.4) is 0 Å². The van der Waals surface area contributed by atoms with Crippen LogP contribution in [0, 0.1) is 5.92 Å². The lowest BCUT2D eigenvalue weighted by Crippen LogP contribution is -2.47. The Morgan fingerprint density at radius 2 is 2.13 bits per heavy atom. The zero-order valence-electron chi connectivity index (χ0n) is 13.1. The molecule has 1 atom stereocenters. The van der Waals surface area contributed by atoms with Gasteiger partial charge >= 0.3 is 0 Å². The number of nitrogens with zero attached hydrogens (tertiary/aromatic N) is 1. The van der Waals surface area contributed by atoms with Gasteiger partial charge in [-0.25, -0.2) is 4.98 Å². The van der Waals surface area contributed by atoms with Crippen molar-refractivity contribution in [1.29, 1.82) is 0 Å². The van der Waals surface area contributed by atoms with Crippen molar-refractivity contribution < 1.29 is 9.52 Å². The number of hydrogen-bond acceptors (Lipinski definition) is 5. The summed E-state index contributed by atoms with van der Waals surface area (Å²) in [5.74, 6) is 2.26. The standard InChI is InChI=1S/C18H20N2O2S/c1-18(11-21,12-6-7-12)19-10-13-8-9-15(22-13)17-20-14-4-2-3-5-16(14)23-17/h2-5,8-9,12,19,21H,6-7,10-11H2,1H3. The fourth-order valence-electron chi connectivity index (χ4n) is 2.90. The van der Waals surface area contributed by atoms with Gasteiger partial charge in [0, 0.05) is 5.54 Å². The Bertz CT molecular complexity index is 788. The number of aliphatic hydroxyl groups excluding tert-OH is 1. The summed E-state index contributed by atoms with van der Waals surface area (Å²) in [7, 11) is 0. The summed E-state index contributed by atoms with van der Waals surface area (Å²) >= 11 is 1.64. The zero-order chi connectivity index (χ0) is 15.9. The van der Waals surface area contributed by atoms with E-state index in [-0.39, 0.29) is 12.1 Å². The predicted octanol–water partition coefficient (Wildman–Crippen LogP) is 3.81. The molecule has 0 spiro atoms. The van der Waals surface area contributed by atoms with Crippen LogP contribution in [0.25, 0.3) is 21.0 Å². The van der Waals surface area contributed by atoms with Crippen LogP contribution >= 0.6 is 11.3 Å². The fraction of sp³-hybridized carbons (Fsp3) is 0.389. The molecule has 3 aromatic rings. The molecule has 2 heterocycles. The molecule has 0 amide bonds. The van der Waals surface area contributed by atoms with Crippen LogP contribution in [0.2, 0.25) is 0 Å². The molecule has 2 N–H and O–H groups in total. The number of benzene rings is 1. The van der Waals surface area contributed by atoms with Crippen molar-refractivity contribution in [2.45, 2.75) is 31.8 Å². The third-order valence-electron chi connectivity index (χ3n) is 4.64. The largest absolute Gasteiger partial charge is 0.457 e. The molecule has 1 aliphatic carbocycles. The molecule has 0 bridgehead atoms. The molecule has 4 rings (SSSR count). The number of para-hydroxylation sites is 1. The minimum absolute atomic E-state index is 0.156. The van der Waals surface area contributed by atoms with E-state index in [4.69, 9.17) is 4.42 Å². The van der Waals surface area contributed by atoms with Crippen molar-refractivity contribution in [2.75, 3.05) is 6.61 Å². The number of hydrogen-bond donors (Lipinski definition) is 2. The van der Waals surface area contributed by atoms with E-state index >= 15 is 0 Å². The van der Waals surface area contributed by atoms with Crippen LogP contribution < -0.4 is 5.32 Å². The van der Waals surface area contributed by atoms with E-state index < -0.39 is 0 Å². The minimum atomic E-state index is -0.206. The second kappa shape index (κ2) is 5.74. The van der Waals surface area contributed by atoms with Crippen LogP contribution in [0.15, 0.2) is 40.8 Å². The van der Waals surface area contributed by atoms with Crippen molar-refractivity contribution in [3.8, 4) is 10.8 Å². The second-order valence-electron chi connectivity index (χ2n) is 6.46. The van der Waals surface area contributed by atoms with E-state index in [0.717, 1.165) is 22.0 Å². The first-order valence-electron chi connectivity index (χ1n) is 7.98. The van der Waals surface area contributed by atoms with E-state index in [9.17, 15) is 5.11 Å². The Morgan fingerprint density at radius 1 is 1.30 bits per heavy atom. The normalized spacial score (nSPS) is 17.5. The van der Waals surface area contributed by atoms with Gasteiger partial charge in [0.1, 0.15) is 5.76 Å². The highest BCUT2D eigenvalue weighted by molar-refractivity contribution is 7.21. The lowest BCUT2D eigenvalue weighted by atomic mass is 9.97. The molecule has 5 heteroatoms. The number of aliphatic hydroxyl groups is 1. The van der Waals surface area contributed by atoms with E-state index in [2.05, 4.69) is 23.3 Å². The monoisotopic (exact) mass is 328 g/mol. The number of furan rings is 1. The summed E-state index contributed by atoms with van der Waals surface area (Å²) in [5.41, 5.74) is 0.799. The van der Waals surface area contributed by atoms with E-state index in [1.807, 2.05) is 30.3 Å². The van der Waals surface area contributed by atoms with Crippen LogP contribution in [-0.2, 0) is 6.54 Å². The van der Waals surface area contributed by atoms with Crippen molar-refractivity contribution >= 4 is 21.6 Å². The molecule has 0 aliphatic heterocycles. The number of aromatic nitrogens is 1. The van der Waals surface area contributed by atoms with Gasteiger partial charge in [-0.15, -0.1) is 11.3 Å². The van der Waals surface area contributed by atoms with E-state index in [0.29, 0.717) is 12.5 Å². The molecule has 1 fully saturated rings. The number of thiazole rings is 1. The molecule has 1 unspecified atom stereocenters. The van der Waals surface area contributed by atoms with Crippen LogP contribution in [-0.4, -0.2) is 22.2 Å². The highest BCUT2D eigenvalue weighted by atomic mass is 32.1. The maximum Gasteiger partial charge on any atom is 0.163 e. The summed E-state index contributed by atoms with van der Waals surface area (Å²) in [5, 5.41) is 14.0. The average molecular weight is 328 g/mol. The summed E-state index contributed by atoms with van der Waals surface area (Å²) in [6.45, 7) is 2.86. The van der Waals surface area contributed by atoms with Crippen molar-refractivity contribution in [3.05, 3.63) is 42.2 Å². The molecule has 1 aliphatic rings. The highest BCUT2D eigenvalue weighted by Crippen LogP contribution is 2.39. The quantitative estimate of drug-likeness (QED) is 0.722. The fourth-order valence-corrected chi connectivity index (χ4v) is 3.83. The third kappa shape index (κ3) is 2.92. The summed E-state index contributed by atoms with van der Waals surface area (Å²) < 4.78 is 7.11. The molecule has 4 nitrogen and oxygen atoms in total. The summed E-state index contributed by atoms with van der Waals surface area (Å²) in [6.07, 6.45) is 2.39. The Hall–Kier alpha value is -1.69. The SMILES string of the molecule is CC(CO)(NCc1ccc(-c2nc3ccccc3s2)o1)C1CC1. The Labute approximate surface area is 139 Å². The molecule has 1 saturated carbocycles.